The molecule has 0 spiro atoms. The van der Waals surface area contributed by atoms with Crippen LogP contribution in [0, 0.1) is 0 Å². The summed E-state index contributed by atoms with van der Waals surface area (Å²) in [6.07, 6.45) is 6.83. The van der Waals surface area contributed by atoms with Crippen molar-refractivity contribution in [2.45, 2.75) is 6.54 Å². The summed E-state index contributed by atoms with van der Waals surface area (Å²) >= 11 is 0. The first-order valence-electron chi connectivity index (χ1n) is 7.97. The molecule has 0 bridgehead atoms. The second-order valence-electron chi connectivity index (χ2n) is 5.65. The van der Waals surface area contributed by atoms with Crippen molar-refractivity contribution in [2.75, 3.05) is 12.4 Å². The van der Waals surface area contributed by atoms with E-state index in [1.165, 1.54) is 0 Å². The lowest BCUT2D eigenvalue weighted by molar-refractivity contribution is -0.684. The van der Waals surface area contributed by atoms with E-state index in [0.717, 1.165) is 11.4 Å². The molecule has 7 heteroatoms. The Labute approximate surface area is 150 Å². The van der Waals surface area contributed by atoms with Gasteiger partial charge in [0, 0.05) is 30.2 Å². The van der Waals surface area contributed by atoms with E-state index in [9.17, 15) is 9.59 Å². The molecule has 7 nitrogen and oxygen atoms in total. The first-order chi connectivity index (χ1) is 12.6. The van der Waals surface area contributed by atoms with Crippen molar-refractivity contribution >= 4 is 17.5 Å². The van der Waals surface area contributed by atoms with Crippen LogP contribution in [0.1, 0.15) is 10.4 Å². The van der Waals surface area contributed by atoms with Gasteiger partial charge in [-0.15, -0.1) is 0 Å². The fourth-order valence-corrected chi connectivity index (χ4v) is 2.55. The third kappa shape index (κ3) is 3.89. The Hall–Kier alpha value is -3.61. The molecular formula is C19H19N4O3+. The Balaban J connectivity index is 1.82. The summed E-state index contributed by atoms with van der Waals surface area (Å²) in [4.78, 5) is 24.0. The number of aromatic nitrogens is 2. The van der Waals surface area contributed by atoms with Crippen LogP contribution in [0.15, 0.2) is 67.3 Å². The smallest absolute Gasteiger partial charge is 0.290 e. The number of primary amides is 1. The molecule has 3 N–H and O–H groups in total. The molecule has 2 amide bonds. The Morgan fingerprint density at radius 3 is 2.42 bits per heavy atom. The number of hydrogen-bond donors (Lipinski definition) is 2. The highest BCUT2D eigenvalue weighted by molar-refractivity contribution is 6.02. The van der Waals surface area contributed by atoms with Crippen molar-refractivity contribution in [3.63, 3.8) is 0 Å². The second-order valence-corrected chi connectivity index (χ2v) is 5.65. The van der Waals surface area contributed by atoms with Crippen LogP contribution in [0.4, 0.5) is 5.69 Å². The summed E-state index contributed by atoms with van der Waals surface area (Å²) in [5.41, 5.74) is 6.88. The third-order valence-corrected chi connectivity index (χ3v) is 3.84. The van der Waals surface area contributed by atoms with Gasteiger partial charge in [0.15, 0.2) is 12.4 Å². The minimum atomic E-state index is -0.611. The summed E-state index contributed by atoms with van der Waals surface area (Å²) in [5.74, 6) is -0.138. The molecule has 0 saturated carbocycles. The number of benzene rings is 1. The predicted molar refractivity (Wildman–Crippen MR) is 96.1 cm³/mol. The van der Waals surface area contributed by atoms with Crippen LogP contribution in [0.5, 0.6) is 5.75 Å². The molecule has 132 valence electrons. The highest BCUT2D eigenvalue weighted by Crippen LogP contribution is 2.22. The molecule has 2 heterocycles. The normalized spacial score (nSPS) is 10.3. The SMILES string of the molecule is COc1ccc(-n2cc(NC(=O)C[n+]3ccccc3)c(C(N)=O)c2)cc1. The topological polar surface area (TPSA) is 90.2 Å². The van der Waals surface area contributed by atoms with Crippen LogP contribution in [0.3, 0.4) is 0 Å². The Bertz CT molecular complexity index is 918. The third-order valence-electron chi connectivity index (χ3n) is 3.84. The predicted octanol–water partition coefficient (Wildman–Crippen LogP) is 1.51. The number of pyridine rings is 1. The molecule has 1 aromatic carbocycles. The lowest BCUT2D eigenvalue weighted by atomic mass is 10.3. The van der Waals surface area contributed by atoms with Crippen LogP contribution < -0.4 is 20.4 Å². The van der Waals surface area contributed by atoms with E-state index in [4.69, 9.17) is 10.5 Å². The first kappa shape index (κ1) is 17.2. The molecule has 26 heavy (non-hydrogen) atoms. The number of nitrogens with two attached hydrogens (primary N) is 1. The molecule has 0 fully saturated rings. The van der Waals surface area contributed by atoms with Gasteiger partial charge in [-0.1, -0.05) is 6.07 Å². The zero-order chi connectivity index (χ0) is 18.5. The molecule has 0 unspecified atom stereocenters. The highest BCUT2D eigenvalue weighted by atomic mass is 16.5. The van der Waals surface area contributed by atoms with E-state index in [2.05, 4.69) is 5.32 Å². The number of nitrogens with one attached hydrogen (secondary N) is 1. The molecule has 0 aliphatic carbocycles. The van der Waals surface area contributed by atoms with E-state index >= 15 is 0 Å². The van der Waals surface area contributed by atoms with E-state index in [-0.39, 0.29) is 18.0 Å². The maximum atomic E-state index is 12.3. The average Bonchev–Trinajstić information content (AvgIpc) is 3.06. The lowest BCUT2D eigenvalue weighted by Gasteiger charge is -2.04. The maximum Gasteiger partial charge on any atom is 0.290 e. The fourth-order valence-electron chi connectivity index (χ4n) is 2.55. The Kier molecular flexibility index (Phi) is 4.98. The van der Waals surface area contributed by atoms with Crippen LogP contribution in [-0.4, -0.2) is 23.5 Å². The molecule has 0 aliphatic heterocycles. The van der Waals surface area contributed by atoms with Gasteiger partial charge in [-0.25, -0.2) is 0 Å². The van der Waals surface area contributed by atoms with Crippen molar-refractivity contribution in [3.8, 4) is 11.4 Å². The summed E-state index contributed by atoms with van der Waals surface area (Å²) in [6.45, 7) is 0.132. The minimum absolute atomic E-state index is 0.132. The number of rotatable bonds is 6. The van der Waals surface area contributed by atoms with Crippen molar-refractivity contribution in [1.82, 2.24) is 4.57 Å². The number of methoxy groups -OCH3 is 1. The molecule has 0 radical (unpaired) electrons. The van der Waals surface area contributed by atoms with Gasteiger partial charge in [-0.2, -0.15) is 4.57 Å². The van der Waals surface area contributed by atoms with Gasteiger partial charge in [0.2, 0.25) is 6.54 Å². The minimum Gasteiger partial charge on any atom is -0.497 e. The van der Waals surface area contributed by atoms with Crippen molar-refractivity contribution in [1.29, 1.82) is 0 Å². The Morgan fingerprint density at radius 1 is 1.12 bits per heavy atom. The van der Waals surface area contributed by atoms with Gasteiger partial charge in [0.1, 0.15) is 5.75 Å². The fraction of sp³-hybridized carbons (Fsp3) is 0.105. The molecule has 3 rings (SSSR count). The molecule has 3 aromatic rings. The Morgan fingerprint density at radius 2 is 1.81 bits per heavy atom. The molecule has 2 aromatic heterocycles. The number of ether oxygens (including phenoxy) is 1. The summed E-state index contributed by atoms with van der Waals surface area (Å²) in [7, 11) is 1.59. The number of anilines is 1. The summed E-state index contributed by atoms with van der Waals surface area (Å²) in [6, 6.07) is 12.8. The van der Waals surface area contributed by atoms with Crippen molar-refractivity contribution in [2.24, 2.45) is 5.73 Å². The van der Waals surface area contributed by atoms with Gasteiger partial charge in [-0.05, 0) is 24.3 Å². The van der Waals surface area contributed by atoms with Crippen LogP contribution in [0.2, 0.25) is 0 Å². The number of carbonyl (C=O) groups is 2. The number of carbonyl (C=O) groups excluding carboxylic acids is 2. The van der Waals surface area contributed by atoms with Gasteiger partial charge in [0.05, 0.1) is 18.4 Å². The van der Waals surface area contributed by atoms with E-state index in [0.29, 0.717) is 5.69 Å². The lowest BCUT2D eigenvalue weighted by Crippen LogP contribution is -2.39. The van der Waals surface area contributed by atoms with Gasteiger partial charge < -0.3 is 20.4 Å². The van der Waals surface area contributed by atoms with E-state index in [1.807, 2.05) is 42.5 Å². The molecule has 0 saturated heterocycles. The summed E-state index contributed by atoms with van der Waals surface area (Å²) < 4.78 is 8.60. The van der Waals surface area contributed by atoms with Crippen molar-refractivity contribution < 1.29 is 18.9 Å². The van der Waals surface area contributed by atoms with E-state index < -0.39 is 5.91 Å². The van der Waals surface area contributed by atoms with Gasteiger partial charge in [-0.3, -0.25) is 9.59 Å². The zero-order valence-corrected chi connectivity index (χ0v) is 14.3. The summed E-state index contributed by atoms with van der Waals surface area (Å²) in [5, 5.41) is 2.75. The largest absolute Gasteiger partial charge is 0.497 e. The quantitative estimate of drug-likeness (QED) is 0.660. The standard InChI is InChI=1S/C19H18N4O3/c1-26-15-7-5-14(6-8-15)23-11-16(19(20)25)17(12-23)21-18(24)13-22-9-3-2-4-10-22/h2-12H,13H2,1H3,(H2-,20,21,24,25)/p+1. The average molecular weight is 351 g/mol. The highest BCUT2D eigenvalue weighted by Gasteiger charge is 2.17. The van der Waals surface area contributed by atoms with Crippen LogP contribution in [0.25, 0.3) is 5.69 Å². The molecule has 0 atom stereocenters. The van der Waals surface area contributed by atoms with Gasteiger partial charge in [0.25, 0.3) is 11.8 Å². The maximum absolute atomic E-state index is 12.3. The molecule has 0 aliphatic rings. The number of hydrogen-bond acceptors (Lipinski definition) is 3. The molecular weight excluding hydrogens is 332 g/mol. The number of nitrogens with zero attached hydrogens (tertiary/aromatic N) is 2. The van der Waals surface area contributed by atoms with Gasteiger partial charge >= 0.3 is 0 Å². The first-order valence-corrected chi connectivity index (χ1v) is 7.97. The van der Waals surface area contributed by atoms with Crippen LogP contribution in [-0.2, 0) is 11.3 Å². The van der Waals surface area contributed by atoms with Crippen molar-refractivity contribution in [3.05, 3.63) is 72.8 Å². The second kappa shape index (κ2) is 7.52. The number of amides is 2. The van der Waals surface area contributed by atoms with Crippen LogP contribution >= 0.6 is 0 Å². The monoisotopic (exact) mass is 351 g/mol. The van der Waals surface area contributed by atoms with E-state index in [1.54, 1.807) is 41.0 Å². The zero-order valence-electron chi connectivity index (χ0n) is 14.3.